The van der Waals surface area contributed by atoms with Crippen molar-refractivity contribution in [1.29, 1.82) is 0 Å². The molecule has 1 aliphatic heterocycles. The van der Waals surface area contributed by atoms with Crippen LogP contribution < -0.4 is 4.74 Å². The second kappa shape index (κ2) is 10.5. The Morgan fingerprint density at radius 2 is 1.83 bits per heavy atom. The second-order valence-electron chi connectivity index (χ2n) is 8.87. The maximum absolute atomic E-state index is 13.6. The lowest BCUT2D eigenvalue weighted by Gasteiger charge is -2.37. The predicted octanol–water partition coefficient (Wildman–Crippen LogP) is 4.80. The summed E-state index contributed by atoms with van der Waals surface area (Å²) >= 11 is 1.64. The molecule has 9 heteroatoms. The number of rotatable bonds is 8. The zero-order valence-corrected chi connectivity index (χ0v) is 21.6. The largest absolute Gasteiger partial charge is 0.491 e. The Morgan fingerprint density at radius 1 is 1.14 bits per heavy atom. The number of halogens is 1. The van der Waals surface area contributed by atoms with Gasteiger partial charge in [-0.2, -0.15) is 4.31 Å². The van der Waals surface area contributed by atoms with E-state index < -0.39 is 16.1 Å². The zero-order valence-electron chi connectivity index (χ0n) is 20.0. The van der Waals surface area contributed by atoms with Gasteiger partial charge in [0.15, 0.2) is 0 Å². The number of hydrogen-bond donors (Lipinski definition) is 0. The summed E-state index contributed by atoms with van der Waals surface area (Å²) in [5.41, 5.74) is 1.97. The fraction of sp³-hybridized carbons (Fsp3) is 0.346. The van der Waals surface area contributed by atoms with Crippen LogP contribution in [-0.4, -0.2) is 49.3 Å². The van der Waals surface area contributed by atoms with Gasteiger partial charge in [0.2, 0.25) is 15.9 Å². The summed E-state index contributed by atoms with van der Waals surface area (Å²) in [5, 5.41) is 1.99. The number of benzene rings is 2. The maximum Gasteiger partial charge on any atom is 0.243 e. The molecule has 0 bridgehead atoms. The Kier molecular flexibility index (Phi) is 7.59. The molecule has 1 atom stereocenters. The molecule has 0 radical (unpaired) electrons. The van der Waals surface area contributed by atoms with Gasteiger partial charge in [-0.1, -0.05) is 17.7 Å². The van der Waals surface area contributed by atoms with Crippen LogP contribution in [0.1, 0.15) is 35.9 Å². The number of carbonyl (C=O) groups excluding carboxylic acids is 1. The molecule has 0 fully saturated rings. The van der Waals surface area contributed by atoms with E-state index in [1.165, 1.54) is 21.3 Å². The summed E-state index contributed by atoms with van der Waals surface area (Å²) in [7, 11) is -3.86. The summed E-state index contributed by atoms with van der Waals surface area (Å²) in [5.74, 6) is -0.124. The highest BCUT2D eigenvalue weighted by molar-refractivity contribution is 7.89. The molecule has 35 heavy (non-hydrogen) atoms. The van der Waals surface area contributed by atoms with Crippen molar-refractivity contribution in [3.8, 4) is 5.75 Å². The van der Waals surface area contributed by atoms with Gasteiger partial charge < -0.3 is 9.64 Å². The van der Waals surface area contributed by atoms with E-state index in [0.717, 1.165) is 11.1 Å². The molecule has 1 unspecified atom stereocenters. The minimum atomic E-state index is -3.86. The van der Waals surface area contributed by atoms with E-state index in [0.29, 0.717) is 18.7 Å². The van der Waals surface area contributed by atoms with Gasteiger partial charge in [-0.25, -0.2) is 12.8 Å². The van der Waals surface area contributed by atoms with Crippen LogP contribution >= 0.6 is 11.3 Å². The topological polar surface area (TPSA) is 66.9 Å². The average Bonchev–Trinajstić information content (AvgIpc) is 3.31. The third-order valence-corrected chi connectivity index (χ3v) is 9.16. The highest BCUT2D eigenvalue weighted by atomic mass is 32.2. The molecule has 186 valence electrons. The van der Waals surface area contributed by atoms with Gasteiger partial charge in [-0.05, 0) is 80.6 Å². The smallest absolute Gasteiger partial charge is 0.243 e. The molecule has 2 aromatic carbocycles. The quantitative estimate of drug-likeness (QED) is 0.431. The highest BCUT2D eigenvalue weighted by Gasteiger charge is 2.36. The number of ether oxygens (including phenoxy) is 1. The van der Waals surface area contributed by atoms with Gasteiger partial charge in [0.25, 0.3) is 0 Å². The lowest BCUT2D eigenvalue weighted by Crippen LogP contribution is -2.49. The minimum absolute atomic E-state index is 0.166. The molecule has 1 amide bonds. The zero-order chi connectivity index (χ0) is 25.2. The van der Waals surface area contributed by atoms with Crippen molar-refractivity contribution >= 4 is 27.3 Å². The molecule has 0 saturated carbocycles. The van der Waals surface area contributed by atoms with Crippen LogP contribution in [0.25, 0.3) is 0 Å². The maximum atomic E-state index is 13.6. The van der Waals surface area contributed by atoms with Crippen molar-refractivity contribution in [1.82, 2.24) is 9.21 Å². The van der Waals surface area contributed by atoms with E-state index in [4.69, 9.17) is 4.74 Å². The molecule has 3 aromatic rings. The van der Waals surface area contributed by atoms with Gasteiger partial charge >= 0.3 is 0 Å². The van der Waals surface area contributed by atoms with Crippen LogP contribution in [-0.2, 0) is 21.2 Å². The van der Waals surface area contributed by atoms with Crippen molar-refractivity contribution < 1.29 is 22.3 Å². The summed E-state index contributed by atoms with van der Waals surface area (Å²) < 4.78 is 47.2. The Hall–Kier alpha value is -2.75. The number of sulfonamides is 1. The van der Waals surface area contributed by atoms with E-state index in [2.05, 4.69) is 0 Å². The van der Waals surface area contributed by atoms with Crippen LogP contribution in [0.2, 0.25) is 0 Å². The molecule has 2 heterocycles. The first kappa shape index (κ1) is 25.3. The van der Waals surface area contributed by atoms with Crippen molar-refractivity contribution in [2.45, 2.75) is 44.2 Å². The summed E-state index contributed by atoms with van der Waals surface area (Å²) in [4.78, 5) is 16.6. The highest BCUT2D eigenvalue weighted by Crippen LogP contribution is 2.34. The number of fused-ring (bicyclic) bond motifs is 1. The van der Waals surface area contributed by atoms with Gasteiger partial charge in [0.05, 0.1) is 17.5 Å². The lowest BCUT2D eigenvalue weighted by atomic mass is 10.0. The predicted molar refractivity (Wildman–Crippen MR) is 135 cm³/mol. The molecule has 1 aliphatic rings. The first-order valence-corrected chi connectivity index (χ1v) is 13.8. The van der Waals surface area contributed by atoms with Gasteiger partial charge in [0, 0.05) is 17.5 Å². The van der Waals surface area contributed by atoms with Crippen LogP contribution in [0.3, 0.4) is 0 Å². The Labute approximate surface area is 210 Å². The summed E-state index contributed by atoms with van der Waals surface area (Å²) in [6, 6.07) is 13.6. The molecular weight excluding hydrogens is 487 g/mol. The first-order chi connectivity index (χ1) is 16.7. The molecule has 0 spiro atoms. The number of hydrogen-bond acceptors (Lipinski definition) is 5. The SMILES string of the molecule is Cc1ccc(S(=O)(=O)N(CC(=O)N2CCc3sccc3C2COc2ccc(F)cc2)C(C)C)cc1. The van der Waals surface area contributed by atoms with Crippen molar-refractivity contribution in [3.05, 3.63) is 81.8 Å². The van der Waals surface area contributed by atoms with Crippen molar-refractivity contribution in [2.24, 2.45) is 0 Å². The number of amides is 1. The molecule has 1 aromatic heterocycles. The normalized spacial score (nSPS) is 15.9. The Bertz CT molecular complexity index is 1270. The molecule has 0 saturated heterocycles. The minimum Gasteiger partial charge on any atom is -0.491 e. The van der Waals surface area contributed by atoms with E-state index in [9.17, 15) is 17.6 Å². The van der Waals surface area contributed by atoms with Gasteiger partial charge in [-0.3, -0.25) is 4.79 Å². The number of carbonyl (C=O) groups is 1. The van der Waals surface area contributed by atoms with Crippen LogP contribution in [0.15, 0.2) is 64.9 Å². The molecular formula is C26H29FN2O4S2. The lowest BCUT2D eigenvalue weighted by molar-refractivity contribution is -0.135. The average molecular weight is 517 g/mol. The second-order valence-corrected chi connectivity index (χ2v) is 11.8. The fourth-order valence-corrected chi connectivity index (χ4v) is 6.71. The number of thiophene rings is 1. The van der Waals surface area contributed by atoms with Crippen molar-refractivity contribution in [2.75, 3.05) is 19.7 Å². The van der Waals surface area contributed by atoms with E-state index >= 15 is 0 Å². The van der Waals surface area contributed by atoms with Gasteiger partial charge in [0.1, 0.15) is 18.2 Å². The monoisotopic (exact) mass is 516 g/mol. The van der Waals surface area contributed by atoms with Crippen LogP contribution in [0.5, 0.6) is 5.75 Å². The molecule has 0 aliphatic carbocycles. The standard InChI is InChI=1S/C26H29FN2O4S2/c1-18(2)29(35(31,32)22-10-4-19(3)5-11-22)16-26(30)28-14-12-25-23(13-15-34-25)24(28)17-33-21-8-6-20(27)7-9-21/h4-11,13,15,18,24H,12,14,16-17H2,1-3H3. The molecule has 0 N–H and O–H groups in total. The van der Waals surface area contributed by atoms with E-state index in [1.807, 2.05) is 18.4 Å². The first-order valence-electron chi connectivity index (χ1n) is 11.5. The van der Waals surface area contributed by atoms with Crippen LogP contribution in [0, 0.1) is 12.7 Å². The van der Waals surface area contributed by atoms with E-state index in [1.54, 1.807) is 66.5 Å². The number of aryl methyl sites for hydroxylation is 1. The Morgan fingerprint density at radius 3 is 2.49 bits per heavy atom. The third-order valence-electron chi connectivity index (χ3n) is 6.13. The third kappa shape index (κ3) is 5.58. The molecule has 6 nitrogen and oxygen atoms in total. The van der Waals surface area contributed by atoms with Crippen LogP contribution in [0.4, 0.5) is 4.39 Å². The van der Waals surface area contributed by atoms with Gasteiger partial charge in [-0.15, -0.1) is 11.3 Å². The Balaban J connectivity index is 1.56. The van der Waals surface area contributed by atoms with E-state index in [-0.39, 0.29) is 35.8 Å². The molecule has 4 rings (SSSR count). The number of nitrogens with zero attached hydrogens (tertiary/aromatic N) is 2. The summed E-state index contributed by atoms with van der Waals surface area (Å²) in [6.45, 7) is 5.82. The van der Waals surface area contributed by atoms with Crippen molar-refractivity contribution in [3.63, 3.8) is 0 Å². The summed E-state index contributed by atoms with van der Waals surface area (Å²) in [6.07, 6.45) is 0.707. The fourth-order valence-electron chi connectivity index (χ4n) is 4.20.